The van der Waals surface area contributed by atoms with Crippen molar-refractivity contribution in [1.82, 2.24) is 30.0 Å². The second-order valence-corrected chi connectivity index (χ2v) is 8.61. The van der Waals surface area contributed by atoms with Crippen LogP contribution in [0.25, 0.3) is 22.4 Å². The second kappa shape index (κ2) is 10.9. The van der Waals surface area contributed by atoms with Crippen molar-refractivity contribution in [1.29, 1.82) is 0 Å². The van der Waals surface area contributed by atoms with Gasteiger partial charge in [-0.05, 0) is 29.8 Å². The first-order valence-electron chi connectivity index (χ1n) is 11.9. The molecule has 36 heavy (non-hydrogen) atoms. The number of piperazine rings is 1. The number of aromatic amines is 1. The van der Waals surface area contributed by atoms with Crippen molar-refractivity contribution in [2.45, 2.75) is 6.42 Å². The van der Waals surface area contributed by atoms with Crippen molar-refractivity contribution in [3.63, 3.8) is 0 Å². The monoisotopic (exact) mass is 493 g/mol. The molecule has 0 saturated carbocycles. The summed E-state index contributed by atoms with van der Waals surface area (Å²) in [6, 6.07) is 9.94. The molecular formula is C25H28FN7O3. The highest BCUT2D eigenvalue weighted by molar-refractivity contribution is 5.97. The zero-order valence-corrected chi connectivity index (χ0v) is 19.8. The van der Waals surface area contributed by atoms with Gasteiger partial charge in [0.05, 0.1) is 19.8 Å². The molecule has 5 rings (SSSR count). The average Bonchev–Trinajstić information content (AvgIpc) is 3.37. The van der Waals surface area contributed by atoms with Gasteiger partial charge in [0.15, 0.2) is 11.4 Å². The van der Waals surface area contributed by atoms with Gasteiger partial charge in [-0.2, -0.15) is 5.10 Å². The van der Waals surface area contributed by atoms with Crippen molar-refractivity contribution >= 4 is 16.7 Å². The van der Waals surface area contributed by atoms with Gasteiger partial charge in [0.1, 0.15) is 23.0 Å². The fourth-order valence-electron chi connectivity index (χ4n) is 4.32. The molecule has 0 amide bonds. The van der Waals surface area contributed by atoms with Gasteiger partial charge in [-0.15, -0.1) is 0 Å². The first kappa shape index (κ1) is 24.0. The van der Waals surface area contributed by atoms with Crippen molar-refractivity contribution in [2.24, 2.45) is 0 Å². The number of hydrogen-bond acceptors (Lipinski definition) is 9. The normalized spacial score (nSPS) is 14.6. The lowest BCUT2D eigenvalue weighted by molar-refractivity contribution is 0.0724. The predicted octanol–water partition coefficient (Wildman–Crippen LogP) is 1.98. The summed E-state index contributed by atoms with van der Waals surface area (Å²) in [5.74, 6) is 1.22. The van der Waals surface area contributed by atoms with Gasteiger partial charge in [0.2, 0.25) is 5.82 Å². The van der Waals surface area contributed by atoms with E-state index in [4.69, 9.17) is 14.8 Å². The number of nitrogens with zero attached hydrogens (tertiary/aromatic N) is 6. The number of pyridine rings is 2. The van der Waals surface area contributed by atoms with Gasteiger partial charge in [0.25, 0.3) is 0 Å². The summed E-state index contributed by atoms with van der Waals surface area (Å²) in [7, 11) is 0. The summed E-state index contributed by atoms with van der Waals surface area (Å²) in [6.07, 6.45) is 2.08. The van der Waals surface area contributed by atoms with Crippen LogP contribution in [0.2, 0.25) is 0 Å². The minimum atomic E-state index is -0.293. The average molecular weight is 494 g/mol. The molecule has 188 valence electrons. The minimum absolute atomic E-state index is 0.0301. The fraction of sp³-hybridized carbons (Fsp3) is 0.360. The number of H-pyrrole nitrogens is 1. The van der Waals surface area contributed by atoms with E-state index in [1.807, 2.05) is 12.1 Å². The predicted molar refractivity (Wildman–Crippen MR) is 132 cm³/mol. The number of aliphatic hydroxyl groups excluding tert-OH is 1. The Morgan fingerprint density at radius 1 is 1.03 bits per heavy atom. The third-order valence-electron chi connectivity index (χ3n) is 6.20. The van der Waals surface area contributed by atoms with E-state index in [9.17, 15) is 9.50 Å². The number of fused-ring (bicyclic) bond motifs is 1. The van der Waals surface area contributed by atoms with Crippen LogP contribution in [-0.2, 0) is 11.2 Å². The summed E-state index contributed by atoms with van der Waals surface area (Å²) >= 11 is 0. The lowest BCUT2D eigenvalue weighted by Gasteiger charge is -2.35. The molecule has 1 saturated heterocycles. The van der Waals surface area contributed by atoms with E-state index in [0.717, 1.165) is 49.5 Å². The summed E-state index contributed by atoms with van der Waals surface area (Å²) < 4.78 is 18.6. The number of halogens is 1. The molecule has 0 bridgehead atoms. The lowest BCUT2D eigenvalue weighted by atomic mass is 10.1. The van der Waals surface area contributed by atoms with Gasteiger partial charge >= 0.3 is 0 Å². The molecule has 3 aromatic heterocycles. The highest BCUT2D eigenvalue weighted by Crippen LogP contribution is 2.36. The number of anilines is 1. The molecule has 0 aliphatic carbocycles. The molecule has 1 aliphatic rings. The van der Waals surface area contributed by atoms with Crippen molar-refractivity contribution < 1.29 is 19.3 Å². The third kappa shape index (κ3) is 5.27. The Labute approximate surface area is 207 Å². The lowest BCUT2D eigenvalue weighted by Crippen LogP contribution is -2.47. The Hall–Kier alpha value is -3.67. The quantitative estimate of drug-likeness (QED) is 0.300. The molecule has 1 aromatic carbocycles. The third-order valence-corrected chi connectivity index (χ3v) is 6.20. The standard InChI is InChI=1S/C25H28FN7O3/c26-18-5-3-17(4-6-18)16-20-28-24(31-30-20)22-23(35)21-19(2-1-7-27-21)25(29-22)33-10-8-32(9-11-33)12-14-36-15-13-34/h1-7,34-35H,8-16H2,(H,28,30,31). The zero-order chi connectivity index (χ0) is 24.9. The number of hydrogen-bond donors (Lipinski definition) is 3. The van der Waals surface area contributed by atoms with Crippen molar-refractivity contribution in [3.8, 4) is 17.3 Å². The van der Waals surface area contributed by atoms with Crippen LogP contribution in [0.3, 0.4) is 0 Å². The highest BCUT2D eigenvalue weighted by atomic mass is 19.1. The molecule has 3 N–H and O–H groups in total. The number of aromatic nitrogens is 5. The van der Waals surface area contributed by atoms with Crippen LogP contribution < -0.4 is 4.90 Å². The topological polar surface area (TPSA) is 124 Å². The molecule has 0 unspecified atom stereocenters. The first-order valence-corrected chi connectivity index (χ1v) is 11.9. The molecule has 1 aliphatic heterocycles. The van der Waals surface area contributed by atoms with Crippen LogP contribution in [0, 0.1) is 5.82 Å². The molecule has 1 fully saturated rings. The molecule has 4 heterocycles. The number of benzene rings is 1. The maximum absolute atomic E-state index is 13.2. The summed E-state index contributed by atoms with van der Waals surface area (Å²) in [4.78, 5) is 18.3. The maximum atomic E-state index is 13.2. The van der Waals surface area contributed by atoms with Gasteiger partial charge in [-0.25, -0.2) is 14.4 Å². The van der Waals surface area contributed by atoms with E-state index in [0.29, 0.717) is 31.0 Å². The Bertz CT molecular complexity index is 1310. The number of rotatable bonds is 9. The summed E-state index contributed by atoms with van der Waals surface area (Å²) in [6.45, 7) is 4.96. The number of aromatic hydroxyl groups is 1. The first-order chi connectivity index (χ1) is 17.6. The van der Waals surface area contributed by atoms with Gasteiger partial charge < -0.3 is 19.8 Å². The van der Waals surface area contributed by atoms with E-state index in [2.05, 4.69) is 30.0 Å². The van der Waals surface area contributed by atoms with E-state index in [1.165, 1.54) is 12.1 Å². The van der Waals surface area contributed by atoms with E-state index >= 15 is 0 Å². The van der Waals surface area contributed by atoms with E-state index in [-0.39, 0.29) is 29.7 Å². The summed E-state index contributed by atoms with van der Waals surface area (Å²) in [5, 5.41) is 27.8. The molecule has 0 atom stereocenters. The van der Waals surface area contributed by atoms with Crippen LogP contribution in [0.5, 0.6) is 5.75 Å². The number of ether oxygens (including phenoxy) is 1. The van der Waals surface area contributed by atoms with Gasteiger partial charge in [0, 0.05) is 50.7 Å². The Morgan fingerprint density at radius 2 is 1.83 bits per heavy atom. The van der Waals surface area contributed by atoms with Crippen LogP contribution in [0.15, 0.2) is 42.6 Å². The number of nitrogens with one attached hydrogen (secondary N) is 1. The number of aliphatic hydroxyl groups is 1. The zero-order valence-electron chi connectivity index (χ0n) is 19.8. The molecule has 11 heteroatoms. The van der Waals surface area contributed by atoms with E-state index < -0.39 is 0 Å². The minimum Gasteiger partial charge on any atom is -0.504 e. The van der Waals surface area contributed by atoms with Crippen LogP contribution in [0.1, 0.15) is 11.4 Å². The Kier molecular flexibility index (Phi) is 7.31. The maximum Gasteiger partial charge on any atom is 0.203 e. The molecule has 0 radical (unpaired) electrons. The SMILES string of the molecule is OCCOCCN1CCN(c2nc(-c3n[nH]c(Cc4ccc(F)cc4)n3)c(O)c3ncccc23)CC1. The second-order valence-electron chi connectivity index (χ2n) is 8.61. The summed E-state index contributed by atoms with van der Waals surface area (Å²) in [5.41, 5.74) is 1.59. The van der Waals surface area contributed by atoms with Crippen LogP contribution in [-0.4, -0.2) is 92.8 Å². The molecule has 10 nitrogen and oxygen atoms in total. The smallest absolute Gasteiger partial charge is 0.203 e. The van der Waals surface area contributed by atoms with Gasteiger partial charge in [-0.3, -0.25) is 15.0 Å². The Balaban J connectivity index is 1.38. The fourth-order valence-corrected chi connectivity index (χ4v) is 4.32. The van der Waals surface area contributed by atoms with E-state index in [1.54, 1.807) is 18.3 Å². The molecular weight excluding hydrogens is 465 g/mol. The highest BCUT2D eigenvalue weighted by Gasteiger charge is 2.24. The largest absolute Gasteiger partial charge is 0.504 e. The molecule has 4 aromatic rings. The van der Waals surface area contributed by atoms with Crippen molar-refractivity contribution in [3.05, 3.63) is 59.8 Å². The van der Waals surface area contributed by atoms with Crippen molar-refractivity contribution in [2.75, 3.05) is 57.4 Å². The van der Waals surface area contributed by atoms with Gasteiger partial charge in [-0.1, -0.05) is 12.1 Å². The Morgan fingerprint density at radius 3 is 2.61 bits per heavy atom. The van der Waals surface area contributed by atoms with Crippen LogP contribution in [0.4, 0.5) is 10.2 Å². The van der Waals surface area contributed by atoms with Crippen LogP contribution >= 0.6 is 0 Å². The molecule has 0 spiro atoms.